The van der Waals surface area contributed by atoms with Gasteiger partial charge in [-0.25, -0.2) is 0 Å². The van der Waals surface area contributed by atoms with E-state index in [1.807, 2.05) is 37.3 Å². The van der Waals surface area contributed by atoms with Crippen LogP contribution in [0.1, 0.15) is 30.1 Å². The standard InChI is InChI=1S/C21H24N2O4S/c1-2-25-18-11-5-3-9-16(18)20(24)23-21(28)22-17-10-4-6-12-19(17)27-14-15-8-7-13-26-15/h3-6,9-12,15H,2,7-8,13-14H2,1H3,(H2,22,23,24,28). The first-order valence-corrected chi connectivity index (χ1v) is 9.75. The third kappa shape index (κ3) is 5.43. The van der Waals surface area contributed by atoms with Crippen molar-refractivity contribution in [2.45, 2.75) is 25.9 Å². The van der Waals surface area contributed by atoms with E-state index < -0.39 is 0 Å². The molecule has 1 unspecified atom stereocenters. The van der Waals surface area contributed by atoms with Crippen molar-refractivity contribution in [3.63, 3.8) is 0 Å². The molecule has 0 radical (unpaired) electrons. The zero-order valence-electron chi connectivity index (χ0n) is 15.8. The fourth-order valence-electron chi connectivity index (χ4n) is 2.91. The van der Waals surface area contributed by atoms with Crippen molar-refractivity contribution < 1.29 is 19.0 Å². The van der Waals surface area contributed by atoms with E-state index in [1.54, 1.807) is 18.2 Å². The molecule has 148 valence electrons. The minimum Gasteiger partial charge on any atom is -0.493 e. The lowest BCUT2D eigenvalue weighted by Crippen LogP contribution is -2.34. The van der Waals surface area contributed by atoms with Crippen LogP contribution in [0.2, 0.25) is 0 Å². The van der Waals surface area contributed by atoms with Crippen molar-refractivity contribution in [3.05, 3.63) is 54.1 Å². The number of rotatable bonds is 7. The van der Waals surface area contributed by atoms with Gasteiger partial charge in [0.25, 0.3) is 5.91 Å². The molecule has 2 N–H and O–H groups in total. The van der Waals surface area contributed by atoms with Crippen LogP contribution in [0, 0.1) is 0 Å². The number of carbonyl (C=O) groups is 1. The summed E-state index contributed by atoms with van der Waals surface area (Å²) in [6, 6.07) is 14.5. The number of para-hydroxylation sites is 3. The normalized spacial score (nSPS) is 15.7. The summed E-state index contributed by atoms with van der Waals surface area (Å²) in [5.41, 5.74) is 1.11. The van der Waals surface area contributed by atoms with E-state index >= 15 is 0 Å². The Morgan fingerprint density at radius 3 is 2.64 bits per heavy atom. The molecule has 1 amide bonds. The van der Waals surface area contributed by atoms with Gasteiger partial charge in [-0.3, -0.25) is 10.1 Å². The van der Waals surface area contributed by atoms with Crippen LogP contribution in [0.5, 0.6) is 11.5 Å². The Morgan fingerprint density at radius 2 is 1.89 bits per heavy atom. The molecule has 1 aliphatic heterocycles. The number of nitrogens with one attached hydrogen (secondary N) is 2. The van der Waals surface area contributed by atoms with E-state index in [-0.39, 0.29) is 17.1 Å². The quantitative estimate of drug-likeness (QED) is 0.690. The Balaban J connectivity index is 1.61. The van der Waals surface area contributed by atoms with Gasteiger partial charge in [-0.2, -0.15) is 0 Å². The van der Waals surface area contributed by atoms with E-state index in [9.17, 15) is 4.79 Å². The molecule has 0 bridgehead atoms. The van der Waals surface area contributed by atoms with Crippen LogP contribution in [0.15, 0.2) is 48.5 Å². The van der Waals surface area contributed by atoms with Gasteiger partial charge >= 0.3 is 0 Å². The maximum absolute atomic E-state index is 12.6. The molecule has 1 aliphatic rings. The van der Waals surface area contributed by atoms with Crippen LogP contribution in [-0.4, -0.2) is 36.9 Å². The summed E-state index contributed by atoms with van der Waals surface area (Å²) in [5.74, 6) is 0.842. The Bertz CT molecular complexity index is 822. The molecule has 6 nitrogen and oxygen atoms in total. The molecular formula is C21H24N2O4S. The lowest BCUT2D eigenvalue weighted by Gasteiger charge is -2.16. The van der Waals surface area contributed by atoms with Gasteiger partial charge in [-0.1, -0.05) is 24.3 Å². The molecule has 28 heavy (non-hydrogen) atoms. The highest BCUT2D eigenvalue weighted by molar-refractivity contribution is 7.80. The lowest BCUT2D eigenvalue weighted by molar-refractivity contribution is 0.0682. The maximum Gasteiger partial charge on any atom is 0.261 e. The Hall–Kier alpha value is -2.64. The molecule has 2 aromatic carbocycles. The monoisotopic (exact) mass is 400 g/mol. The second-order valence-electron chi connectivity index (χ2n) is 6.28. The first-order valence-electron chi connectivity index (χ1n) is 9.35. The Morgan fingerprint density at radius 1 is 1.14 bits per heavy atom. The zero-order chi connectivity index (χ0) is 19.8. The van der Waals surface area contributed by atoms with Gasteiger partial charge in [0.2, 0.25) is 0 Å². The number of ether oxygens (including phenoxy) is 3. The second kappa shape index (κ2) is 10.1. The number of hydrogen-bond donors (Lipinski definition) is 2. The average molecular weight is 401 g/mol. The van der Waals surface area contributed by atoms with Gasteiger partial charge < -0.3 is 19.5 Å². The van der Waals surface area contributed by atoms with Crippen molar-refractivity contribution in [3.8, 4) is 11.5 Å². The minimum absolute atomic E-state index is 0.120. The van der Waals surface area contributed by atoms with Gasteiger partial charge in [0.15, 0.2) is 5.11 Å². The number of thiocarbonyl (C=S) groups is 1. The van der Waals surface area contributed by atoms with Crippen LogP contribution in [0.3, 0.4) is 0 Å². The second-order valence-corrected chi connectivity index (χ2v) is 6.69. The molecule has 1 fully saturated rings. The topological polar surface area (TPSA) is 68.8 Å². The third-order valence-corrected chi connectivity index (χ3v) is 4.45. The molecular weight excluding hydrogens is 376 g/mol. The number of carbonyl (C=O) groups excluding carboxylic acids is 1. The van der Waals surface area contributed by atoms with Gasteiger partial charge in [0.1, 0.15) is 18.1 Å². The molecule has 0 aromatic heterocycles. The van der Waals surface area contributed by atoms with Crippen molar-refractivity contribution in [2.24, 2.45) is 0 Å². The van der Waals surface area contributed by atoms with Gasteiger partial charge in [0.05, 0.1) is 24.0 Å². The SMILES string of the molecule is CCOc1ccccc1C(=O)NC(=S)Nc1ccccc1OCC1CCCO1. The van der Waals surface area contributed by atoms with E-state index in [0.717, 1.165) is 19.4 Å². The highest BCUT2D eigenvalue weighted by Crippen LogP contribution is 2.25. The van der Waals surface area contributed by atoms with Crippen molar-refractivity contribution in [1.29, 1.82) is 0 Å². The number of amides is 1. The summed E-state index contributed by atoms with van der Waals surface area (Å²) in [6.45, 7) is 3.61. The summed E-state index contributed by atoms with van der Waals surface area (Å²) in [4.78, 5) is 12.6. The number of benzene rings is 2. The summed E-state index contributed by atoms with van der Waals surface area (Å²) < 4.78 is 17.0. The van der Waals surface area contributed by atoms with Gasteiger partial charge in [-0.15, -0.1) is 0 Å². The molecule has 0 spiro atoms. The molecule has 1 atom stereocenters. The summed E-state index contributed by atoms with van der Waals surface area (Å²) >= 11 is 5.31. The van der Waals surface area contributed by atoms with Crippen LogP contribution in [0.25, 0.3) is 0 Å². The van der Waals surface area contributed by atoms with E-state index in [1.165, 1.54) is 0 Å². The Labute approximate surface area is 170 Å². The van der Waals surface area contributed by atoms with Crippen molar-refractivity contribution >= 4 is 28.9 Å². The van der Waals surface area contributed by atoms with Crippen LogP contribution >= 0.6 is 12.2 Å². The first kappa shape index (κ1) is 20.1. The molecule has 2 aromatic rings. The zero-order valence-corrected chi connectivity index (χ0v) is 16.6. The molecule has 3 rings (SSSR count). The van der Waals surface area contributed by atoms with Crippen LogP contribution in [-0.2, 0) is 4.74 Å². The predicted molar refractivity (Wildman–Crippen MR) is 112 cm³/mol. The molecule has 7 heteroatoms. The number of anilines is 1. The largest absolute Gasteiger partial charge is 0.493 e. The molecule has 1 heterocycles. The van der Waals surface area contributed by atoms with E-state index in [2.05, 4.69) is 10.6 Å². The van der Waals surface area contributed by atoms with Gasteiger partial charge in [-0.05, 0) is 56.2 Å². The Kier molecular flexibility index (Phi) is 7.22. The lowest BCUT2D eigenvalue weighted by atomic mass is 10.2. The summed E-state index contributed by atoms with van der Waals surface area (Å²) in [5, 5.41) is 5.90. The fourth-order valence-corrected chi connectivity index (χ4v) is 3.12. The van der Waals surface area contributed by atoms with Crippen molar-refractivity contribution in [2.75, 3.05) is 25.1 Å². The molecule has 0 aliphatic carbocycles. The highest BCUT2D eigenvalue weighted by Gasteiger charge is 2.17. The first-order chi connectivity index (χ1) is 13.7. The van der Waals surface area contributed by atoms with Crippen LogP contribution in [0.4, 0.5) is 5.69 Å². The minimum atomic E-state index is -0.334. The predicted octanol–water partition coefficient (Wildman–Crippen LogP) is 3.77. The van der Waals surface area contributed by atoms with E-state index in [4.69, 9.17) is 26.4 Å². The van der Waals surface area contributed by atoms with Crippen LogP contribution < -0.4 is 20.1 Å². The smallest absolute Gasteiger partial charge is 0.261 e. The summed E-state index contributed by atoms with van der Waals surface area (Å²) in [6.07, 6.45) is 2.19. The molecule has 1 saturated heterocycles. The average Bonchev–Trinajstić information content (AvgIpc) is 3.21. The molecule has 0 saturated carbocycles. The number of hydrogen-bond acceptors (Lipinski definition) is 5. The van der Waals surface area contributed by atoms with Gasteiger partial charge in [0, 0.05) is 6.61 Å². The van der Waals surface area contributed by atoms with E-state index in [0.29, 0.717) is 36.0 Å². The third-order valence-electron chi connectivity index (χ3n) is 4.24. The van der Waals surface area contributed by atoms with Crippen molar-refractivity contribution in [1.82, 2.24) is 5.32 Å². The fraction of sp³-hybridized carbons (Fsp3) is 0.333. The highest BCUT2D eigenvalue weighted by atomic mass is 32.1. The summed E-state index contributed by atoms with van der Waals surface area (Å²) in [7, 11) is 0. The maximum atomic E-state index is 12.6.